The lowest BCUT2D eigenvalue weighted by molar-refractivity contribution is 0.0473. The van der Waals surface area contributed by atoms with Crippen LogP contribution in [0.3, 0.4) is 0 Å². The normalized spacial score (nSPS) is 15.5. The highest BCUT2D eigenvalue weighted by atomic mass is 35.5. The SMILES string of the molecule is O=C(OCc1ccccc1Cl)c1cc(S(=O)(=O)N2CCCCC2)ccc1Cl. The molecule has 27 heavy (non-hydrogen) atoms. The Labute approximate surface area is 168 Å². The third kappa shape index (κ3) is 4.63. The van der Waals surface area contributed by atoms with Crippen molar-refractivity contribution in [2.75, 3.05) is 13.1 Å². The van der Waals surface area contributed by atoms with Crippen LogP contribution in [-0.2, 0) is 21.4 Å². The Morgan fingerprint density at radius 2 is 1.70 bits per heavy atom. The quantitative estimate of drug-likeness (QED) is 0.657. The predicted octanol–water partition coefficient (Wildman–Crippen LogP) is 4.53. The van der Waals surface area contributed by atoms with Crippen LogP contribution in [0.25, 0.3) is 0 Å². The van der Waals surface area contributed by atoms with Crippen LogP contribution in [0.2, 0.25) is 10.0 Å². The maximum atomic E-state index is 12.8. The maximum absolute atomic E-state index is 12.8. The minimum Gasteiger partial charge on any atom is -0.457 e. The molecule has 2 aromatic rings. The van der Waals surface area contributed by atoms with E-state index in [4.69, 9.17) is 27.9 Å². The van der Waals surface area contributed by atoms with Gasteiger partial charge in [0.05, 0.1) is 15.5 Å². The van der Waals surface area contributed by atoms with Gasteiger partial charge >= 0.3 is 5.97 Å². The van der Waals surface area contributed by atoms with Gasteiger partial charge in [-0.25, -0.2) is 13.2 Å². The first-order chi connectivity index (χ1) is 12.9. The van der Waals surface area contributed by atoms with Gasteiger partial charge in [-0.1, -0.05) is 47.8 Å². The number of carbonyl (C=O) groups excluding carboxylic acids is 1. The van der Waals surface area contributed by atoms with Crippen LogP contribution in [0.1, 0.15) is 35.2 Å². The van der Waals surface area contributed by atoms with E-state index in [0.717, 1.165) is 19.3 Å². The zero-order valence-electron chi connectivity index (χ0n) is 14.5. The van der Waals surface area contributed by atoms with Crippen molar-refractivity contribution < 1.29 is 17.9 Å². The molecule has 8 heteroatoms. The second-order valence-corrected chi connectivity index (χ2v) is 9.03. The number of carbonyl (C=O) groups is 1. The molecule has 5 nitrogen and oxygen atoms in total. The van der Waals surface area contributed by atoms with Gasteiger partial charge in [-0.15, -0.1) is 0 Å². The summed E-state index contributed by atoms with van der Waals surface area (Å²) in [6.45, 7) is 0.937. The molecule has 0 aliphatic carbocycles. The van der Waals surface area contributed by atoms with Crippen molar-refractivity contribution in [3.63, 3.8) is 0 Å². The highest BCUT2D eigenvalue weighted by Crippen LogP contribution is 2.26. The first-order valence-electron chi connectivity index (χ1n) is 8.60. The standard InChI is InChI=1S/C19H19Cl2NO4S/c20-17-7-3-2-6-14(17)13-26-19(23)16-12-15(8-9-18(16)21)27(24,25)22-10-4-1-5-11-22/h2-3,6-9,12H,1,4-5,10-11,13H2. The molecule has 0 radical (unpaired) electrons. The lowest BCUT2D eigenvalue weighted by atomic mass is 10.2. The van der Waals surface area contributed by atoms with Crippen LogP contribution in [0.5, 0.6) is 0 Å². The van der Waals surface area contributed by atoms with Crippen molar-refractivity contribution in [2.45, 2.75) is 30.8 Å². The Morgan fingerprint density at radius 3 is 2.41 bits per heavy atom. The van der Waals surface area contributed by atoms with Crippen LogP contribution >= 0.6 is 23.2 Å². The van der Waals surface area contributed by atoms with Crippen molar-refractivity contribution in [3.8, 4) is 0 Å². The number of rotatable bonds is 5. The molecular weight excluding hydrogens is 409 g/mol. The number of halogens is 2. The zero-order valence-corrected chi connectivity index (χ0v) is 16.9. The van der Waals surface area contributed by atoms with Gasteiger partial charge in [0.2, 0.25) is 10.0 Å². The fourth-order valence-electron chi connectivity index (χ4n) is 2.91. The molecule has 1 heterocycles. The molecule has 0 amide bonds. The Hall–Kier alpha value is -1.60. The minimum absolute atomic E-state index is 0.0156. The van der Waals surface area contributed by atoms with E-state index in [1.807, 2.05) is 0 Å². The van der Waals surface area contributed by atoms with Crippen LogP contribution < -0.4 is 0 Å². The average Bonchev–Trinajstić information content (AvgIpc) is 2.68. The van der Waals surface area contributed by atoms with E-state index in [-0.39, 0.29) is 22.1 Å². The Kier molecular flexibility index (Phi) is 6.42. The molecule has 3 rings (SSSR count). The van der Waals surface area contributed by atoms with Crippen LogP contribution in [0.4, 0.5) is 0 Å². The minimum atomic E-state index is -3.66. The van der Waals surface area contributed by atoms with E-state index in [1.165, 1.54) is 22.5 Å². The van der Waals surface area contributed by atoms with Crippen molar-refractivity contribution in [1.82, 2.24) is 4.31 Å². The molecule has 0 spiro atoms. The summed E-state index contributed by atoms with van der Waals surface area (Å²) in [5, 5.41) is 0.620. The summed E-state index contributed by atoms with van der Waals surface area (Å²) in [4.78, 5) is 12.5. The smallest absolute Gasteiger partial charge is 0.340 e. The molecular formula is C19H19Cl2NO4S. The summed E-state index contributed by atoms with van der Waals surface area (Å²) < 4.78 is 32.3. The van der Waals surface area contributed by atoms with E-state index in [9.17, 15) is 13.2 Å². The molecule has 0 unspecified atom stereocenters. The number of piperidine rings is 1. The summed E-state index contributed by atoms with van der Waals surface area (Å²) in [5.41, 5.74) is 0.669. The second-order valence-electron chi connectivity index (χ2n) is 6.27. The highest BCUT2D eigenvalue weighted by Gasteiger charge is 2.27. The lowest BCUT2D eigenvalue weighted by Crippen LogP contribution is -2.35. The van der Waals surface area contributed by atoms with Gasteiger partial charge in [-0.05, 0) is 37.1 Å². The molecule has 1 aliphatic heterocycles. The molecule has 0 aromatic heterocycles. The summed E-state index contributed by atoms with van der Waals surface area (Å²) in [6.07, 6.45) is 2.69. The molecule has 0 N–H and O–H groups in total. The largest absolute Gasteiger partial charge is 0.457 e. The van der Waals surface area contributed by atoms with Gasteiger partial charge in [-0.3, -0.25) is 0 Å². The van der Waals surface area contributed by atoms with Gasteiger partial charge in [0.25, 0.3) is 0 Å². The van der Waals surface area contributed by atoms with E-state index in [1.54, 1.807) is 24.3 Å². The molecule has 0 bridgehead atoms. The van der Waals surface area contributed by atoms with Gasteiger partial charge in [0.15, 0.2) is 0 Å². The van der Waals surface area contributed by atoms with Gasteiger partial charge < -0.3 is 4.74 Å². The fourth-order valence-corrected chi connectivity index (χ4v) is 4.84. The van der Waals surface area contributed by atoms with Gasteiger partial charge in [0, 0.05) is 23.7 Å². The van der Waals surface area contributed by atoms with Crippen LogP contribution in [-0.4, -0.2) is 31.8 Å². The van der Waals surface area contributed by atoms with E-state index in [0.29, 0.717) is 23.7 Å². The molecule has 0 saturated carbocycles. The Balaban J connectivity index is 1.80. The number of ether oxygens (including phenoxy) is 1. The molecule has 1 fully saturated rings. The fraction of sp³-hybridized carbons (Fsp3) is 0.316. The maximum Gasteiger partial charge on any atom is 0.340 e. The number of esters is 1. The van der Waals surface area contributed by atoms with E-state index in [2.05, 4.69) is 0 Å². The van der Waals surface area contributed by atoms with Crippen molar-refractivity contribution in [1.29, 1.82) is 0 Å². The third-order valence-corrected chi connectivity index (χ3v) is 7.02. The Morgan fingerprint density at radius 1 is 1.00 bits per heavy atom. The number of hydrogen-bond acceptors (Lipinski definition) is 4. The van der Waals surface area contributed by atoms with Crippen molar-refractivity contribution in [3.05, 3.63) is 63.6 Å². The number of sulfonamides is 1. The second kappa shape index (κ2) is 8.61. The molecule has 144 valence electrons. The highest BCUT2D eigenvalue weighted by molar-refractivity contribution is 7.89. The van der Waals surface area contributed by atoms with Crippen LogP contribution in [0.15, 0.2) is 47.4 Å². The van der Waals surface area contributed by atoms with Gasteiger partial charge in [-0.2, -0.15) is 4.31 Å². The topological polar surface area (TPSA) is 63.7 Å². The third-order valence-electron chi connectivity index (χ3n) is 4.43. The number of nitrogens with zero attached hydrogens (tertiary/aromatic N) is 1. The zero-order chi connectivity index (χ0) is 19.4. The lowest BCUT2D eigenvalue weighted by Gasteiger charge is -2.26. The monoisotopic (exact) mass is 427 g/mol. The first kappa shape index (κ1) is 20.1. The molecule has 1 aliphatic rings. The summed E-state index contributed by atoms with van der Waals surface area (Å²) in [5.74, 6) is -0.699. The van der Waals surface area contributed by atoms with Gasteiger partial charge in [0.1, 0.15) is 6.61 Å². The number of benzene rings is 2. The average molecular weight is 428 g/mol. The summed E-state index contributed by atoms with van der Waals surface area (Å²) in [7, 11) is -3.66. The molecule has 1 saturated heterocycles. The number of hydrogen-bond donors (Lipinski definition) is 0. The Bertz CT molecular complexity index is 940. The van der Waals surface area contributed by atoms with E-state index >= 15 is 0 Å². The predicted molar refractivity (Wildman–Crippen MR) is 105 cm³/mol. The summed E-state index contributed by atoms with van der Waals surface area (Å²) in [6, 6.07) is 11.1. The first-order valence-corrected chi connectivity index (χ1v) is 10.8. The van der Waals surface area contributed by atoms with Crippen molar-refractivity contribution in [2.24, 2.45) is 0 Å². The van der Waals surface area contributed by atoms with Crippen LogP contribution in [0, 0.1) is 0 Å². The van der Waals surface area contributed by atoms with E-state index < -0.39 is 16.0 Å². The van der Waals surface area contributed by atoms with Crippen molar-refractivity contribution >= 4 is 39.2 Å². The molecule has 0 atom stereocenters. The summed E-state index contributed by atoms with van der Waals surface area (Å²) >= 11 is 12.2. The molecule has 2 aromatic carbocycles.